The Labute approximate surface area is 229 Å². The molecular weight excluding hydrogens is 489 g/mol. The Bertz CT molecular complexity index is 1080. The topological polar surface area (TPSA) is 9.23 Å². The summed E-state index contributed by atoms with van der Waals surface area (Å²) >= 11 is 2.91. The molecule has 0 bridgehead atoms. The summed E-state index contributed by atoms with van der Waals surface area (Å²) < 4.78 is 6.14. The predicted molar refractivity (Wildman–Crippen MR) is 166 cm³/mol. The summed E-state index contributed by atoms with van der Waals surface area (Å²) in [6.07, 6.45) is 17.3. The molecule has 0 aromatic heterocycles. The van der Waals surface area contributed by atoms with Crippen LogP contribution in [0.25, 0.3) is 24.3 Å². The van der Waals surface area contributed by atoms with Crippen LogP contribution in [0, 0.1) is 0 Å². The van der Waals surface area contributed by atoms with Crippen molar-refractivity contribution in [1.82, 2.24) is 0 Å². The van der Waals surface area contributed by atoms with Crippen LogP contribution < -0.4 is 0 Å². The van der Waals surface area contributed by atoms with Crippen LogP contribution in [0.2, 0.25) is 0 Å². The van der Waals surface area contributed by atoms with Gasteiger partial charge in [-0.15, -0.1) is 0 Å². The molecule has 0 aliphatic carbocycles. The van der Waals surface area contributed by atoms with Crippen LogP contribution in [0.4, 0.5) is 0 Å². The van der Waals surface area contributed by atoms with E-state index in [1.54, 1.807) is 0 Å². The zero-order valence-corrected chi connectivity index (χ0v) is 22.2. The van der Waals surface area contributed by atoms with E-state index in [-0.39, 0.29) is 10.5 Å². The molecule has 0 aliphatic heterocycles. The van der Waals surface area contributed by atoms with Crippen molar-refractivity contribution >= 4 is 48.4 Å². The van der Waals surface area contributed by atoms with Gasteiger partial charge in [0.2, 0.25) is 0 Å². The van der Waals surface area contributed by atoms with E-state index in [0.717, 1.165) is 0 Å². The smallest absolute Gasteiger partial charge is 0.0690 e. The summed E-state index contributed by atoms with van der Waals surface area (Å²) in [6, 6.07) is 41.4. The maximum absolute atomic E-state index is 6.14. The van der Waals surface area contributed by atoms with Gasteiger partial charge in [0.05, 0.1) is 10.5 Å². The van der Waals surface area contributed by atoms with Crippen LogP contribution in [0.15, 0.2) is 146 Å². The Morgan fingerprint density at radius 1 is 0.378 bits per heavy atom. The fourth-order valence-electron chi connectivity index (χ4n) is 3.45. The molecule has 37 heavy (non-hydrogen) atoms. The zero-order valence-electron chi connectivity index (χ0n) is 20.5. The van der Waals surface area contributed by atoms with E-state index in [9.17, 15) is 0 Å². The summed E-state index contributed by atoms with van der Waals surface area (Å²) in [6.45, 7) is 0. The predicted octanol–water partition coefficient (Wildman–Crippen LogP) is 9.89. The van der Waals surface area contributed by atoms with Crippen LogP contribution >= 0.6 is 24.1 Å². The van der Waals surface area contributed by atoms with Gasteiger partial charge in [-0.05, 0) is 22.3 Å². The minimum atomic E-state index is 0.0600. The van der Waals surface area contributed by atoms with Crippen molar-refractivity contribution in [3.05, 3.63) is 168 Å². The molecule has 0 aliphatic rings. The van der Waals surface area contributed by atoms with Gasteiger partial charge in [0.1, 0.15) is 0 Å². The second-order valence-electron chi connectivity index (χ2n) is 8.27. The Hall–Kier alpha value is -3.50. The summed E-state index contributed by atoms with van der Waals surface area (Å²) in [5.74, 6) is 0. The quantitative estimate of drug-likeness (QED) is 0.173. The molecule has 4 aromatic rings. The van der Waals surface area contributed by atoms with Crippen molar-refractivity contribution < 1.29 is 3.63 Å². The molecule has 4 aromatic carbocycles. The van der Waals surface area contributed by atoms with Gasteiger partial charge in [-0.1, -0.05) is 170 Å². The summed E-state index contributed by atoms with van der Waals surface area (Å²) in [7, 11) is 0. The van der Waals surface area contributed by atoms with Gasteiger partial charge in [-0.2, -0.15) is 0 Å². The van der Waals surface area contributed by atoms with Gasteiger partial charge < -0.3 is 0 Å². The van der Waals surface area contributed by atoms with Crippen LogP contribution in [0.1, 0.15) is 22.3 Å². The first-order chi connectivity index (χ1) is 18.3. The maximum atomic E-state index is 6.14. The van der Waals surface area contributed by atoms with E-state index in [1.807, 2.05) is 24.3 Å². The van der Waals surface area contributed by atoms with E-state index in [0.29, 0.717) is 0 Å². The summed E-state index contributed by atoms with van der Waals surface area (Å²) in [4.78, 5) is 0. The zero-order chi connectivity index (χ0) is 25.4. The lowest BCUT2D eigenvalue weighted by atomic mass is 10.1. The highest BCUT2D eigenvalue weighted by molar-refractivity contribution is 8.08. The van der Waals surface area contributed by atoms with Gasteiger partial charge in [-0.25, -0.2) is 3.63 Å². The van der Waals surface area contributed by atoms with E-state index in [1.165, 1.54) is 46.3 Å². The van der Waals surface area contributed by atoms with Gasteiger partial charge in [0, 0.05) is 24.1 Å². The standard InChI is InChI=1S/C34H30OS2/c1-5-13-29(14-6-1)21-25-33(26-22-30-15-7-2-8-16-30)36-35-37-34(27-23-31-17-9-3-10-18-31)28-24-32-19-11-4-12-20-32/h1-28,33-34H. The van der Waals surface area contributed by atoms with Crippen molar-refractivity contribution in [2.45, 2.75) is 10.5 Å². The summed E-state index contributed by atoms with van der Waals surface area (Å²) in [5, 5.41) is 0.120. The van der Waals surface area contributed by atoms with Gasteiger partial charge in [-0.3, -0.25) is 0 Å². The van der Waals surface area contributed by atoms with Crippen LogP contribution in [-0.2, 0) is 3.63 Å². The highest BCUT2D eigenvalue weighted by Gasteiger charge is 2.08. The van der Waals surface area contributed by atoms with Crippen molar-refractivity contribution in [2.24, 2.45) is 0 Å². The summed E-state index contributed by atoms with van der Waals surface area (Å²) in [5.41, 5.74) is 4.68. The molecule has 3 heteroatoms. The molecule has 0 amide bonds. The van der Waals surface area contributed by atoms with Gasteiger partial charge in [0.15, 0.2) is 0 Å². The molecule has 0 atom stereocenters. The number of rotatable bonds is 12. The molecule has 0 radical (unpaired) electrons. The highest BCUT2D eigenvalue weighted by Crippen LogP contribution is 2.28. The van der Waals surface area contributed by atoms with Crippen LogP contribution in [-0.4, -0.2) is 10.5 Å². The monoisotopic (exact) mass is 518 g/mol. The molecule has 1 nitrogen and oxygen atoms in total. The highest BCUT2D eigenvalue weighted by atomic mass is 32.2. The van der Waals surface area contributed by atoms with E-state index in [4.69, 9.17) is 3.63 Å². The second kappa shape index (κ2) is 15.6. The van der Waals surface area contributed by atoms with Gasteiger partial charge in [0.25, 0.3) is 0 Å². The number of hydrogen-bond acceptors (Lipinski definition) is 3. The third-order valence-corrected chi connectivity index (χ3v) is 7.11. The Morgan fingerprint density at radius 3 is 0.865 bits per heavy atom. The molecular formula is C34H30OS2. The first kappa shape index (κ1) is 26.6. The minimum Gasteiger partial charge on any atom is -0.245 e. The van der Waals surface area contributed by atoms with Crippen LogP contribution in [0.5, 0.6) is 0 Å². The fraction of sp³-hybridized carbons (Fsp3) is 0.0588. The van der Waals surface area contributed by atoms with Crippen molar-refractivity contribution in [3.8, 4) is 0 Å². The lowest BCUT2D eigenvalue weighted by Gasteiger charge is -2.10. The molecule has 0 saturated carbocycles. The number of benzene rings is 4. The van der Waals surface area contributed by atoms with E-state index in [2.05, 4.69) is 146 Å². The Morgan fingerprint density at radius 2 is 0.622 bits per heavy atom. The van der Waals surface area contributed by atoms with Gasteiger partial charge >= 0.3 is 0 Å². The average Bonchev–Trinajstić information content (AvgIpc) is 2.97. The molecule has 0 spiro atoms. The van der Waals surface area contributed by atoms with Crippen molar-refractivity contribution in [2.75, 3.05) is 0 Å². The second-order valence-corrected chi connectivity index (χ2v) is 10.3. The molecule has 4 rings (SSSR count). The lowest BCUT2D eigenvalue weighted by molar-refractivity contribution is 0.753. The Kier molecular flexibility index (Phi) is 11.2. The third kappa shape index (κ3) is 10.2. The fourth-order valence-corrected chi connectivity index (χ4v) is 4.93. The molecule has 0 fully saturated rings. The van der Waals surface area contributed by atoms with E-state index < -0.39 is 0 Å². The lowest BCUT2D eigenvalue weighted by Crippen LogP contribution is -1.97. The normalized spacial score (nSPS) is 13.6. The molecule has 0 saturated heterocycles. The van der Waals surface area contributed by atoms with Crippen molar-refractivity contribution in [3.63, 3.8) is 0 Å². The first-order valence-electron chi connectivity index (χ1n) is 12.3. The molecule has 0 heterocycles. The molecule has 0 N–H and O–H groups in total. The first-order valence-corrected chi connectivity index (χ1v) is 13.9. The largest absolute Gasteiger partial charge is 0.245 e. The SMILES string of the molecule is C(=CC(C=Cc1ccccc1)SOSC(C=Cc1ccccc1)C=Cc1ccccc1)c1ccccc1. The number of hydrogen-bond donors (Lipinski definition) is 0. The minimum absolute atomic E-state index is 0.0600. The molecule has 0 unspecified atom stereocenters. The third-order valence-electron chi connectivity index (χ3n) is 5.41. The van der Waals surface area contributed by atoms with Crippen LogP contribution in [0.3, 0.4) is 0 Å². The molecule has 184 valence electrons. The van der Waals surface area contributed by atoms with Crippen molar-refractivity contribution in [1.29, 1.82) is 0 Å². The van der Waals surface area contributed by atoms with E-state index >= 15 is 0 Å². The maximum Gasteiger partial charge on any atom is 0.0690 e. The average molecular weight is 519 g/mol. The Balaban J connectivity index is 1.44.